The number of fused-ring (bicyclic) bond motifs is 9. The molecule has 13 rings (SSSR count). The van der Waals surface area contributed by atoms with Gasteiger partial charge in [0.25, 0.3) is 0 Å². The highest BCUT2D eigenvalue weighted by Crippen LogP contribution is 2.60. The standard InChI is InChI=1S/C66H47N/c1-65(2)60-32-18-16-30-54(60)56-39-38-50(41-62(56)65)67(49-36-34-45(35-37-49)44-20-6-3-7-21-44)64-43-63-58(42-59(64)57-40-46-22-12-13-27-51(46)52-28-14-15-29-53(52)57)55-31-17-19-33-61(55)66(63,47-23-8-4-9-24-47)48-25-10-5-11-26-48/h3-43H,1-2H3. The van der Waals surface area contributed by atoms with Crippen LogP contribution in [0.25, 0.3) is 66.1 Å². The smallest absolute Gasteiger partial charge is 0.0714 e. The minimum absolute atomic E-state index is 0.183. The molecule has 11 aromatic rings. The van der Waals surface area contributed by atoms with Crippen molar-refractivity contribution in [3.63, 3.8) is 0 Å². The Bertz CT molecular complexity index is 3660. The molecule has 0 saturated heterocycles. The summed E-state index contributed by atoms with van der Waals surface area (Å²) < 4.78 is 0. The van der Waals surface area contributed by atoms with E-state index in [1.54, 1.807) is 0 Å². The number of benzene rings is 11. The fourth-order valence-corrected chi connectivity index (χ4v) is 11.8. The minimum Gasteiger partial charge on any atom is -0.310 e. The first kappa shape index (κ1) is 39.1. The van der Waals surface area contributed by atoms with E-state index in [1.807, 2.05) is 0 Å². The van der Waals surface area contributed by atoms with Crippen LogP contribution in [0.5, 0.6) is 0 Å². The summed E-state index contributed by atoms with van der Waals surface area (Å²) in [5.74, 6) is 0. The lowest BCUT2D eigenvalue weighted by atomic mass is 9.67. The molecule has 0 atom stereocenters. The summed E-state index contributed by atoms with van der Waals surface area (Å²) in [6.07, 6.45) is 0. The Labute approximate surface area is 392 Å². The Morgan fingerprint density at radius 2 is 0.821 bits per heavy atom. The maximum Gasteiger partial charge on any atom is 0.0714 e. The quantitative estimate of drug-likeness (QED) is 0.144. The molecule has 2 aliphatic carbocycles. The monoisotopic (exact) mass is 853 g/mol. The lowest BCUT2D eigenvalue weighted by Crippen LogP contribution is -2.28. The van der Waals surface area contributed by atoms with Crippen molar-refractivity contribution in [2.24, 2.45) is 0 Å². The molecule has 67 heavy (non-hydrogen) atoms. The number of nitrogens with zero attached hydrogens (tertiary/aromatic N) is 1. The van der Waals surface area contributed by atoms with Gasteiger partial charge in [0.05, 0.1) is 11.1 Å². The molecule has 0 heterocycles. The van der Waals surface area contributed by atoms with E-state index in [-0.39, 0.29) is 5.41 Å². The van der Waals surface area contributed by atoms with E-state index in [2.05, 4.69) is 267 Å². The van der Waals surface area contributed by atoms with Crippen LogP contribution in [-0.2, 0) is 10.8 Å². The molecule has 0 fully saturated rings. The summed E-state index contributed by atoms with van der Waals surface area (Å²) in [5, 5.41) is 4.97. The molecule has 0 saturated carbocycles. The lowest BCUT2D eigenvalue weighted by Gasteiger charge is -2.36. The van der Waals surface area contributed by atoms with Crippen LogP contribution in [-0.4, -0.2) is 0 Å². The summed E-state index contributed by atoms with van der Waals surface area (Å²) in [6, 6.07) is 92.9. The first-order valence-corrected chi connectivity index (χ1v) is 23.5. The Morgan fingerprint density at radius 1 is 0.299 bits per heavy atom. The molecule has 1 nitrogen and oxygen atoms in total. The molecule has 11 aromatic carbocycles. The fraction of sp³-hybridized carbons (Fsp3) is 0.0606. The van der Waals surface area contributed by atoms with Crippen molar-refractivity contribution in [1.29, 1.82) is 0 Å². The van der Waals surface area contributed by atoms with Crippen molar-refractivity contribution in [2.75, 3.05) is 4.90 Å². The van der Waals surface area contributed by atoms with Crippen LogP contribution in [0, 0.1) is 0 Å². The molecule has 1 heteroatoms. The van der Waals surface area contributed by atoms with Crippen LogP contribution in [0.3, 0.4) is 0 Å². The molecule has 0 aromatic heterocycles. The summed E-state index contributed by atoms with van der Waals surface area (Å²) in [4.78, 5) is 2.55. The number of rotatable bonds is 7. The first-order chi connectivity index (χ1) is 33.0. The van der Waals surface area contributed by atoms with E-state index in [4.69, 9.17) is 0 Å². The largest absolute Gasteiger partial charge is 0.310 e. The normalized spacial score (nSPS) is 13.8. The van der Waals surface area contributed by atoms with Gasteiger partial charge in [0.15, 0.2) is 0 Å². The van der Waals surface area contributed by atoms with Gasteiger partial charge < -0.3 is 4.90 Å². The van der Waals surface area contributed by atoms with Gasteiger partial charge in [0.1, 0.15) is 0 Å². The van der Waals surface area contributed by atoms with Crippen LogP contribution in [0.2, 0.25) is 0 Å². The second-order valence-electron chi connectivity index (χ2n) is 18.8. The highest BCUT2D eigenvalue weighted by atomic mass is 15.1. The predicted octanol–water partition coefficient (Wildman–Crippen LogP) is 17.5. The summed E-state index contributed by atoms with van der Waals surface area (Å²) >= 11 is 0. The Kier molecular flexibility index (Phi) is 8.85. The van der Waals surface area contributed by atoms with Gasteiger partial charge >= 0.3 is 0 Å². The molecular weight excluding hydrogens is 807 g/mol. The zero-order valence-electron chi connectivity index (χ0n) is 37.6. The maximum absolute atomic E-state index is 2.56. The van der Waals surface area contributed by atoms with E-state index in [0.29, 0.717) is 0 Å². The molecule has 0 amide bonds. The average Bonchev–Trinajstić information content (AvgIpc) is 3.81. The topological polar surface area (TPSA) is 3.24 Å². The van der Waals surface area contributed by atoms with Crippen LogP contribution in [0.4, 0.5) is 17.1 Å². The van der Waals surface area contributed by atoms with E-state index >= 15 is 0 Å². The van der Waals surface area contributed by atoms with Gasteiger partial charge in [0, 0.05) is 22.4 Å². The molecule has 0 radical (unpaired) electrons. The van der Waals surface area contributed by atoms with Gasteiger partial charge in [-0.3, -0.25) is 0 Å². The third-order valence-corrected chi connectivity index (χ3v) is 14.9. The van der Waals surface area contributed by atoms with Crippen molar-refractivity contribution in [1.82, 2.24) is 0 Å². The second-order valence-corrected chi connectivity index (χ2v) is 18.8. The van der Waals surface area contributed by atoms with Crippen molar-refractivity contribution in [3.8, 4) is 44.5 Å². The molecule has 0 unspecified atom stereocenters. The minimum atomic E-state index is -0.586. The van der Waals surface area contributed by atoms with Crippen LogP contribution >= 0.6 is 0 Å². The molecule has 0 aliphatic heterocycles. The maximum atomic E-state index is 2.56. The zero-order chi connectivity index (χ0) is 44.7. The number of hydrogen-bond donors (Lipinski definition) is 0. The van der Waals surface area contributed by atoms with Gasteiger partial charge in [0.2, 0.25) is 0 Å². The van der Waals surface area contributed by atoms with Gasteiger partial charge in [-0.15, -0.1) is 0 Å². The number of anilines is 3. The summed E-state index contributed by atoms with van der Waals surface area (Å²) in [7, 11) is 0. The van der Waals surface area contributed by atoms with E-state index in [9.17, 15) is 0 Å². The highest BCUT2D eigenvalue weighted by Gasteiger charge is 2.47. The fourth-order valence-electron chi connectivity index (χ4n) is 11.8. The van der Waals surface area contributed by atoms with Crippen LogP contribution < -0.4 is 4.90 Å². The van der Waals surface area contributed by atoms with E-state index in [0.717, 1.165) is 17.1 Å². The Balaban J connectivity index is 1.17. The average molecular weight is 854 g/mol. The summed E-state index contributed by atoms with van der Waals surface area (Å²) in [5.41, 5.74) is 20.3. The molecule has 0 N–H and O–H groups in total. The Hall–Kier alpha value is -8.26. The third-order valence-electron chi connectivity index (χ3n) is 14.9. The van der Waals surface area contributed by atoms with Crippen molar-refractivity contribution < 1.29 is 0 Å². The van der Waals surface area contributed by atoms with Crippen molar-refractivity contribution >= 4 is 38.6 Å². The van der Waals surface area contributed by atoms with Crippen LogP contribution in [0.15, 0.2) is 249 Å². The first-order valence-electron chi connectivity index (χ1n) is 23.5. The predicted molar refractivity (Wildman–Crippen MR) is 282 cm³/mol. The third kappa shape index (κ3) is 5.88. The van der Waals surface area contributed by atoms with E-state index in [1.165, 1.54) is 99.4 Å². The Morgan fingerprint density at radius 3 is 1.52 bits per heavy atom. The molecule has 316 valence electrons. The SMILES string of the molecule is CC1(C)c2ccccc2-c2ccc(N(c3ccc(-c4ccccc4)cc3)c3cc4c(cc3-c3cc5ccccc5c5ccccc35)-c3ccccc3C4(c3ccccc3)c3ccccc3)cc21. The van der Waals surface area contributed by atoms with Gasteiger partial charge in [-0.25, -0.2) is 0 Å². The van der Waals surface area contributed by atoms with Crippen molar-refractivity contribution in [3.05, 3.63) is 282 Å². The van der Waals surface area contributed by atoms with E-state index < -0.39 is 5.41 Å². The molecular formula is C66H47N. The zero-order valence-corrected chi connectivity index (χ0v) is 37.6. The lowest BCUT2D eigenvalue weighted by molar-refractivity contribution is 0.660. The molecule has 2 aliphatic rings. The van der Waals surface area contributed by atoms with Gasteiger partial charge in [-0.1, -0.05) is 220 Å². The van der Waals surface area contributed by atoms with Crippen LogP contribution in [0.1, 0.15) is 47.2 Å². The van der Waals surface area contributed by atoms with Gasteiger partial charge in [-0.05, 0) is 136 Å². The van der Waals surface area contributed by atoms with Gasteiger partial charge in [-0.2, -0.15) is 0 Å². The highest BCUT2D eigenvalue weighted by molar-refractivity contribution is 6.15. The summed E-state index contributed by atoms with van der Waals surface area (Å²) in [6.45, 7) is 4.77. The van der Waals surface area contributed by atoms with Crippen molar-refractivity contribution in [2.45, 2.75) is 24.7 Å². The molecule has 0 bridgehead atoms. The second kappa shape index (κ2) is 15.2. The molecule has 0 spiro atoms. The number of hydrogen-bond acceptors (Lipinski definition) is 1.